The maximum Gasteiger partial charge on any atom is 0.269 e. The largest absolute Gasteiger partial charge is 0.339 e. The topological polar surface area (TPSA) is 92.2 Å². The summed E-state index contributed by atoms with van der Waals surface area (Å²) in [6.45, 7) is 14.8. The molecule has 1 atom stereocenters. The van der Waals surface area contributed by atoms with Gasteiger partial charge in [-0.15, -0.1) is 11.3 Å². The normalized spacial score (nSPS) is 22.3. The second-order valence-electron chi connectivity index (χ2n) is 11.7. The van der Waals surface area contributed by atoms with Crippen LogP contribution in [0, 0.1) is 10.8 Å². The average Bonchev–Trinajstić information content (AvgIpc) is 3.58. The number of fused-ring (bicyclic) bond motifs is 1. The molecule has 2 N–H and O–H groups in total. The molecule has 1 spiro atoms. The minimum Gasteiger partial charge on any atom is -0.339 e. The van der Waals surface area contributed by atoms with E-state index in [1.165, 1.54) is 17.4 Å². The number of hydrogen-bond donors (Lipinski definition) is 2. The first-order valence-corrected chi connectivity index (χ1v) is 13.8. The van der Waals surface area contributed by atoms with Crippen molar-refractivity contribution in [2.24, 2.45) is 10.8 Å². The molecule has 2 fully saturated rings. The molecule has 2 aromatic heterocycles. The van der Waals surface area contributed by atoms with E-state index in [1.807, 2.05) is 4.90 Å². The molecule has 37 heavy (non-hydrogen) atoms. The Labute approximate surface area is 222 Å². The number of anilines is 1. The third-order valence-corrected chi connectivity index (χ3v) is 8.95. The van der Waals surface area contributed by atoms with Gasteiger partial charge in [-0.05, 0) is 60.8 Å². The summed E-state index contributed by atoms with van der Waals surface area (Å²) in [6.07, 6.45) is 5.89. The van der Waals surface area contributed by atoms with Gasteiger partial charge in [-0.1, -0.05) is 33.4 Å². The van der Waals surface area contributed by atoms with Crippen molar-refractivity contribution in [1.29, 1.82) is 0 Å². The molecule has 3 heterocycles. The van der Waals surface area contributed by atoms with Crippen LogP contribution in [0.5, 0.6) is 0 Å². The Morgan fingerprint density at radius 2 is 2.11 bits per heavy atom. The Balaban J connectivity index is 1.40. The minimum absolute atomic E-state index is 0.00725. The van der Waals surface area contributed by atoms with Crippen molar-refractivity contribution < 1.29 is 9.59 Å². The molecular formula is C28H36N6O2S. The molecule has 2 amide bonds. The molecule has 3 aromatic rings. The van der Waals surface area contributed by atoms with Crippen LogP contribution in [0.1, 0.15) is 68.2 Å². The van der Waals surface area contributed by atoms with E-state index < -0.39 is 0 Å². The Morgan fingerprint density at radius 3 is 2.78 bits per heavy atom. The molecule has 1 aliphatic heterocycles. The molecule has 8 nitrogen and oxygen atoms in total. The molecule has 1 aromatic carbocycles. The molecular weight excluding hydrogens is 484 g/mol. The van der Waals surface area contributed by atoms with Crippen LogP contribution in [0.2, 0.25) is 0 Å². The van der Waals surface area contributed by atoms with Gasteiger partial charge in [0, 0.05) is 31.7 Å². The van der Waals surface area contributed by atoms with Crippen molar-refractivity contribution >= 4 is 40.1 Å². The molecule has 0 unspecified atom stereocenters. The highest BCUT2D eigenvalue weighted by molar-refractivity contribution is 7.11. The Kier molecular flexibility index (Phi) is 6.70. The second-order valence-corrected chi connectivity index (χ2v) is 12.6. The van der Waals surface area contributed by atoms with Gasteiger partial charge in [0.15, 0.2) is 0 Å². The van der Waals surface area contributed by atoms with E-state index in [-0.39, 0.29) is 28.7 Å². The van der Waals surface area contributed by atoms with Crippen LogP contribution in [-0.4, -0.2) is 50.4 Å². The maximum atomic E-state index is 12.9. The van der Waals surface area contributed by atoms with Crippen LogP contribution >= 0.6 is 11.3 Å². The third kappa shape index (κ3) is 5.07. The van der Waals surface area contributed by atoms with Gasteiger partial charge in [0.1, 0.15) is 4.88 Å². The smallest absolute Gasteiger partial charge is 0.269 e. The lowest BCUT2D eigenvalue weighted by Crippen LogP contribution is -2.42. The molecule has 1 saturated heterocycles. The van der Waals surface area contributed by atoms with Gasteiger partial charge in [0.05, 0.1) is 22.7 Å². The monoisotopic (exact) mass is 520 g/mol. The Hall–Kier alpha value is -3.04. The van der Waals surface area contributed by atoms with E-state index in [0.717, 1.165) is 55.5 Å². The highest BCUT2D eigenvalue weighted by Crippen LogP contribution is 2.55. The predicted octanol–water partition coefficient (Wildman–Crippen LogP) is 5.01. The highest BCUT2D eigenvalue weighted by Gasteiger charge is 2.50. The Bertz CT molecular complexity index is 1320. The van der Waals surface area contributed by atoms with Crippen molar-refractivity contribution in [1.82, 2.24) is 24.8 Å². The molecule has 0 bridgehead atoms. The highest BCUT2D eigenvalue weighted by atomic mass is 32.1. The van der Waals surface area contributed by atoms with Crippen molar-refractivity contribution in [2.75, 3.05) is 18.4 Å². The Morgan fingerprint density at radius 1 is 1.32 bits per heavy atom. The first-order chi connectivity index (χ1) is 17.6. The first kappa shape index (κ1) is 25.6. The predicted molar refractivity (Wildman–Crippen MR) is 148 cm³/mol. The fraction of sp³-hybridized carbons (Fsp3) is 0.500. The van der Waals surface area contributed by atoms with Crippen LogP contribution in [0.25, 0.3) is 11.0 Å². The van der Waals surface area contributed by atoms with E-state index in [2.05, 4.69) is 72.7 Å². The van der Waals surface area contributed by atoms with E-state index in [0.29, 0.717) is 16.9 Å². The summed E-state index contributed by atoms with van der Waals surface area (Å²) >= 11 is 1.31. The standard InChI is InChI=1S/C28H36N6O2S/c1-6-24(35)33-10-9-28(16-33)12-20(13-28)34-22-8-7-19(14-30-18(2)27(3,4)5)11-21(22)31-26(34)32-25(36)23-15-29-17-37-23/h6-8,11,15,17-18,20,30H,1,9-10,12-14,16H2,2-5H3,(H,31,32,36)/t18-,20?,28?/m0/s1. The lowest BCUT2D eigenvalue weighted by atomic mass is 9.64. The van der Waals surface area contributed by atoms with Crippen molar-refractivity contribution in [3.8, 4) is 0 Å². The van der Waals surface area contributed by atoms with Crippen molar-refractivity contribution in [3.63, 3.8) is 0 Å². The van der Waals surface area contributed by atoms with Gasteiger partial charge in [-0.3, -0.25) is 19.9 Å². The quantitative estimate of drug-likeness (QED) is 0.428. The van der Waals surface area contributed by atoms with Crippen LogP contribution in [0.15, 0.2) is 42.6 Å². The van der Waals surface area contributed by atoms with Crippen molar-refractivity contribution in [2.45, 2.75) is 65.6 Å². The number of imidazole rings is 1. The number of nitrogens with zero attached hydrogens (tertiary/aromatic N) is 4. The number of amides is 2. The molecule has 5 rings (SSSR count). The zero-order valence-electron chi connectivity index (χ0n) is 22.1. The fourth-order valence-corrected chi connectivity index (χ4v) is 6.00. The molecule has 9 heteroatoms. The SMILES string of the molecule is C=CC(=O)N1CCC2(CC(n3c(NC(=O)c4cncs4)nc4cc(CN[C@@H](C)C(C)(C)C)ccc43)C2)C1. The summed E-state index contributed by atoms with van der Waals surface area (Å²) in [5.41, 5.74) is 5.01. The number of nitrogens with one attached hydrogen (secondary N) is 2. The maximum absolute atomic E-state index is 12.9. The van der Waals surface area contributed by atoms with Crippen LogP contribution in [0.3, 0.4) is 0 Å². The first-order valence-electron chi connectivity index (χ1n) is 12.9. The van der Waals surface area contributed by atoms with E-state index in [4.69, 9.17) is 4.98 Å². The van der Waals surface area contributed by atoms with Gasteiger partial charge in [0.25, 0.3) is 5.91 Å². The van der Waals surface area contributed by atoms with Gasteiger partial charge in [-0.25, -0.2) is 4.98 Å². The number of hydrogen-bond acceptors (Lipinski definition) is 6. The average molecular weight is 521 g/mol. The second kappa shape index (κ2) is 9.68. The lowest BCUT2D eigenvalue weighted by Gasteiger charge is -2.46. The summed E-state index contributed by atoms with van der Waals surface area (Å²) in [5.74, 6) is 0.379. The third-order valence-electron chi connectivity index (χ3n) is 8.17. The van der Waals surface area contributed by atoms with Crippen LogP contribution < -0.4 is 10.6 Å². The zero-order chi connectivity index (χ0) is 26.4. The van der Waals surface area contributed by atoms with E-state index in [9.17, 15) is 9.59 Å². The molecule has 2 aliphatic rings. The van der Waals surface area contributed by atoms with Gasteiger partial charge < -0.3 is 14.8 Å². The number of likely N-dealkylation sites (tertiary alicyclic amines) is 1. The molecule has 0 radical (unpaired) electrons. The van der Waals surface area contributed by atoms with Crippen LogP contribution in [-0.2, 0) is 11.3 Å². The number of carbonyl (C=O) groups is 2. The van der Waals surface area contributed by atoms with E-state index >= 15 is 0 Å². The van der Waals surface area contributed by atoms with Crippen LogP contribution in [0.4, 0.5) is 5.95 Å². The summed E-state index contributed by atoms with van der Waals surface area (Å²) in [5, 5.41) is 6.67. The van der Waals surface area contributed by atoms with Gasteiger partial charge >= 0.3 is 0 Å². The van der Waals surface area contributed by atoms with Gasteiger partial charge in [0.2, 0.25) is 11.9 Å². The van der Waals surface area contributed by atoms with Gasteiger partial charge in [-0.2, -0.15) is 0 Å². The minimum atomic E-state index is -0.197. The lowest BCUT2D eigenvalue weighted by molar-refractivity contribution is -0.125. The van der Waals surface area contributed by atoms with E-state index in [1.54, 1.807) is 11.7 Å². The molecule has 1 aliphatic carbocycles. The number of thiazole rings is 1. The van der Waals surface area contributed by atoms with Crippen molar-refractivity contribution in [3.05, 3.63) is 53.0 Å². The summed E-state index contributed by atoms with van der Waals surface area (Å²) < 4.78 is 2.19. The zero-order valence-corrected chi connectivity index (χ0v) is 22.9. The number of carbonyl (C=O) groups excluding carboxylic acids is 2. The number of rotatable bonds is 7. The molecule has 1 saturated carbocycles. The summed E-state index contributed by atoms with van der Waals surface area (Å²) in [6, 6.07) is 6.96. The summed E-state index contributed by atoms with van der Waals surface area (Å²) in [7, 11) is 0. The molecule has 196 valence electrons. The fourth-order valence-electron chi connectivity index (χ4n) is 5.49. The number of benzene rings is 1. The number of aromatic nitrogens is 3. The summed E-state index contributed by atoms with van der Waals surface area (Å²) in [4.78, 5) is 36.4.